The predicted octanol–water partition coefficient (Wildman–Crippen LogP) is 5.94. The van der Waals surface area contributed by atoms with Gasteiger partial charge in [0.15, 0.2) is 0 Å². The van der Waals surface area contributed by atoms with E-state index in [1.807, 2.05) is 0 Å². The van der Waals surface area contributed by atoms with Crippen molar-refractivity contribution in [1.29, 1.82) is 0 Å². The highest BCUT2D eigenvalue weighted by atomic mass is 79.9. The van der Waals surface area contributed by atoms with E-state index in [-0.39, 0.29) is 11.1 Å². The number of phenolic OH excluding ortho intramolecular Hbond substituents is 2. The number of phenols is 2. The Morgan fingerprint density at radius 1 is 0.750 bits per heavy atom. The van der Waals surface area contributed by atoms with Crippen LogP contribution in [-0.2, 0) is 0 Å². The normalized spacial score (nSPS) is 11.3. The molecule has 0 fully saturated rings. The van der Waals surface area contributed by atoms with Crippen molar-refractivity contribution in [3.8, 4) is 11.5 Å². The minimum atomic E-state index is -0.709. The van der Waals surface area contributed by atoms with Gasteiger partial charge in [-0.15, -0.1) is 0 Å². The number of nitro benzene ring substituents is 2. The van der Waals surface area contributed by atoms with E-state index in [2.05, 4.69) is 41.8 Å². The van der Waals surface area contributed by atoms with Gasteiger partial charge >= 0.3 is 11.4 Å². The molecule has 162 valence electrons. The number of nitrogens with zero attached hydrogens (tertiary/aromatic N) is 4. The summed E-state index contributed by atoms with van der Waals surface area (Å²) in [6, 6.07) is 11.9. The van der Waals surface area contributed by atoms with Crippen molar-refractivity contribution < 1.29 is 20.1 Å². The smallest absolute Gasteiger partial charge is 0.312 e. The molecule has 0 unspecified atom stereocenters. The molecule has 0 saturated carbocycles. The standard InChI is InChI=1S/C20H12Br2N4O6/c21-13-5-11(19(27)17(7-13)25(29)30)9-23-15-3-1-2-4-16(15)24-10-12-6-14(22)8-18(20(12)28)26(31)32/h1-10,27-28H/b23-9-,24-10+. The van der Waals surface area contributed by atoms with Crippen LogP contribution in [0.3, 0.4) is 0 Å². The monoisotopic (exact) mass is 562 g/mol. The highest BCUT2D eigenvalue weighted by Crippen LogP contribution is 2.35. The van der Waals surface area contributed by atoms with Crippen molar-refractivity contribution in [3.05, 3.63) is 88.8 Å². The largest absolute Gasteiger partial charge is 0.502 e. The van der Waals surface area contributed by atoms with Gasteiger partial charge in [-0.2, -0.15) is 0 Å². The number of halogens is 2. The highest BCUT2D eigenvalue weighted by molar-refractivity contribution is 9.10. The summed E-state index contributed by atoms with van der Waals surface area (Å²) in [5.41, 5.74) is -0.00234. The van der Waals surface area contributed by atoms with Gasteiger partial charge in [0, 0.05) is 44.6 Å². The Bertz CT molecular complexity index is 1190. The summed E-state index contributed by atoms with van der Waals surface area (Å²) in [6.45, 7) is 0. The Labute approximate surface area is 197 Å². The van der Waals surface area contributed by atoms with Gasteiger partial charge < -0.3 is 10.2 Å². The van der Waals surface area contributed by atoms with Crippen molar-refractivity contribution >= 4 is 67.0 Å². The van der Waals surface area contributed by atoms with E-state index in [4.69, 9.17) is 0 Å². The molecule has 0 amide bonds. The third kappa shape index (κ3) is 5.15. The van der Waals surface area contributed by atoms with Crippen LogP contribution in [0.2, 0.25) is 0 Å². The van der Waals surface area contributed by atoms with Crippen LogP contribution in [0.1, 0.15) is 11.1 Å². The molecule has 0 aliphatic carbocycles. The zero-order chi connectivity index (χ0) is 23.4. The Morgan fingerprint density at radius 3 is 1.47 bits per heavy atom. The second-order valence-electron chi connectivity index (χ2n) is 6.24. The molecule has 0 aliphatic heterocycles. The predicted molar refractivity (Wildman–Crippen MR) is 126 cm³/mol. The zero-order valence-electron chi connectivity index (χ0n) is 15.8. The molecule has 3 aromatic rings. The van der Waals surface area contributed by atoms with Gasteiger partial charge in [-0.1, -0.05) is 44.0 Å². The van der Waals surface area contributed by atoms with Crippen molar-refractivity contribution in [3.63, 3.8) is 0 Å². The maximum absolute atomic E-state index is 11.1. The van der Waals surface area contributed by atoms with Crippen LogP contribution >= 0.6 is 31.9 Å². The first-order valence-electron chi connectivity index (χ1n) is 8.68. The van der Waals surface area contributed by atoms with Crippen LogP contribution in [0, 0.1) is 20.2 Å². The van der Waals surface area contributed by atoms with Crippen molar-refractivity contribution in [2.75, 3.05) is 0 Å². The summed E-state index contributed by atoms with van der Waals surface area (Å²) in [5, 5.41) is 42.5. The summed E-state index contributed by atoms with van der Waals surface area (Å²) in [7, 11) is 0. The Hall–Kier alpha value is -3.64. The number of aliphatic imine (C=N–C) groups is 2. The van der Waals surface area contributed by atoms with Gasteiger partial charge in [0.05, 0.1) is 21.2 Å². The number of rotatable bonds is 6. The quantitative estimate of drug-likeness (QED) is 0.215. The molecule has 0 atom stereocenters. The fourth-order valence-corrected chi connectivity index (χ4v) is 3.57. The number of hydrogen-bond donors (Lipinski definition) is 2. The van der Waals surface area contributed by atoms with Crippen molar-refractivity contribution in [2.24, 2.45) is 9.98 Å². The molecular formula is C20H12Br2N4O6. The Morgan fingerprint density at radius 2 is 1.12 bits per heavy atom. The summed E-state index contributed by atoms with van der Waals surface area (Å²) in [6.07, 6.45) is 2.51. The molecule has 32 heavy (non-hydrogen) atoms. The Kier molecular flexibility index (Phi) is 6.95. The average Bonchev–Trinajstić information content (AvgIpc) is 2.74. The minimum absolute atomic E-state index is 0.116. The van der Waals surface area contributed by atoms with E-state index >= 15 is 0 Å². The van der Waals surface area contributed by atoms with Gasteiger partial charge in [-0.3, -0.25) is 30.2 Å². The fraction of sp³-hybridized carbons (Fsp3) is 0. The number of nitro groups is 2. The van der Waals surface area contributed by atoms with Gasteiger partial charge in [-0.05, 0) is 24.3 Å². The molecule has 0 saturated heterocycles. The van der Waals surface area contributed by atoms with Crippen LogP contribution in [-0.4, -0.2) is 32.5 Å². The lowest BCUT2D eigenvalue weighted by Crippen LogP contribution is -1.93. The molecule has 0 aliphatic rings. The zero-order valence-corrected chi connectivity index (χ0v) is 19.0. The first kappa shape index (κ1) is 23.0. The third-order valence-electron chi connectivity index (χ3n) is 4.13. The van der Waals surface area contributed by atoms with Crippen LogP contribution in [0.4, 0.5) is 22.7 Å². The number of benzene rings is 3. The van der Waals surface area contributed by atoms with Gasteiger partial charge in [0.2, 0.25) is 11.5 Å². The molecular weight excluding hydrogens is 552 g/mol. The molecule has 0 spiro atoms. The third-order valence-corrected chi connectivity index (χ3v) is 5.04. The molecule has 3 rings (SSSR count). The SMILES string of the molecule is O=[N+]([O-])c1cc(Br)cc(/C=N\c2ccccc2/N=C/c2cc(Br)cc([N+](=O)[O-])c2O)c1O. The molecule has 0 radical (unpaired) electrons. The van der Waals surface area contributed by atoms with Crippen molar-refractivity contribution in [1.82, 2.24) is 0 Å². The average molecular weight is 564 g/mol. The summed E-state index contributed by atoms with van der Waals surface area (Å²) in [4.78, 5) is 29.3. The van der Waals surface area contributed by atoms with Gasteiger partial charge in [-0.25, -0.2) is 0 Å². The van der Waals surface area contributed by atoms with Crippen LogP contribution in [0.5, 0.6) is 11.5 Å². The molecule has 2 N–H and O–H groups in total. The molecule has 0 heterocycles. The number of aromatic hydroxyl groups is 2. The Balaban J connectivity index is 1.98. The topological polar surface area (TPSA) is 151 Å². The summed E-state index contributed by atoms with van der Waals surface area (Å²) >= 11 is 6.32. The molecule has 10 nitrogen and oxygen atoms in total. The summed E-state index contributed by atoms with van der Waals surface area (Å²) < 4.78 is 0.781. The molecule has 12 heteroatoms. The second kappa shape index (κ2) is 9.66. The fourth-order valence-electron chi connectivity index (χ4n) is 2.65. The number of hydrogen-bond acceptors (Lipinski definition) is 8. The molecule has 3 aromatic carbocycles. The molecule has 0 bridgehead atoms. The van der Waals surface area contributed by atoms with E-state index in [1.165, 1.54) is 36.7 Å². The van der Waals surface area contributed by atoms with Gasteiger partial charge in [0.25, 0.3) is 0 Å². The van der Waals surface area contributed by atoms with Crippen molar-refractivity contribution in [2.45, 2.75) is 0 Å². The lowest BCUT2D eigenvalue weighted by atomic mass is 10.2. The maximum atomic E-state index is 11.1. The summed E-state index contributed by atoms with van der Waals surface area (Å²) in [5.74, 6) is -1.07. The lowest BCUT2D eigenvalue weighted by molar-refractivity contribution is -0.386. The second-order valence-corrected chi connectivity index (χ2v) is 8.08. The first-order chi connectivity index (χ1) is 15.2. The van der Waals surface area contributed by atoms with E-state index in [0.29, 0.717) is 20.3 Å². The van der Waals surface area contributed by atoms with Crippen LogP contribution in [0.15, 0.2) is 67.5 Å². The van der Waals surface area contributed by atoms with E-state index in [9.17, 15) is 30.4 Å². The van der Waals surface area contributed by atoms with Crippen LogP contribution in [0.25, 0.3) is 0 Å². The minimum Gasteiger partial charge on any atom is -0.502 e. The van der Waals surface area contributed by atoms with E-state index in [1.54, 1.807) is 24.3 Å². The molecule has 0 aromatic heterocycles. The number of para-hydroxylation sites is 2. The van der Waals surface area contributed by atoms with E-state index < -0.39 is 32.7 Å². The lowest BCUT2D eigenvalue weighted by Gasteiger charge is -2.04. The maximum Gasteiger partial charge on any atom is 0.312 e. The first-order valence-corrected chi connectivity index (χ1v) is 10.3. The van der Waals surface area contributed by atoms with Gasteiger partial charge in [0.1, 0.15) is 0 Å². The highest BCUT2D eigenvalue weighted by Gasteiger charge is 2.18. The van der Waals surface area contributed by atoms with Crippen LogP contribution < -0.4 is 0 Å². The van der Waals surface area contributed by atoms with E-state index in [0.717, 1.165) is 0 Å².